The van der Waals surface area contributed by atoms with Crippen molar-refractivity contribution in [1.82, 2.24) is 10.6 Å². The van der Waals surface area contributed by atoms with Gasteiger partial charge in [0, 0.05) is 21.8 Å². The number of benzene rings is 2. The van der Waals surface area contributed by atoms with Crippen LogP contribution in [0.1, 0.15) is 42.5 Å². The first kappa shape index (κ1) is 19.7. The molecule has 0 saturated heterocycles. The fraction of sp³-hybridized carbons (Fsp3) is 0.391. The molecule has 0 amide bonds. The van der Waals surface area contributed by atoms with E-state index in [1.165, 1.54) is 31.6 Å². The van der Waals surface area contributed by atoms with Crippen molar-refractivity contribution in [1.29, 1.82) is 0 Å². The third-order valence-electron chi connectivity index (χ3n) is 5.55. The molecule has 0 aliphatic carbocycles. The Labute approximate surface area is 181 Å². The minimum atomic E-state index is 0.211. The molecule has 148 valence electrons. The predicted molar refractivity (Wildman–Crippen MR) is 128 cm³/mol. The number of anilines is 2. The summed E-state index contributed by atoms with van der Waals surface area (Å²) in [7, 11) is 0. The van der Waals surface area contributed by atoms with Crippen molar-refractivity contribution in [3.05, 3.63) is 62.7 Å². The Morgan fingerprint density at radius 2 is 2.00 bits per heavy atom. The van der Waals surface area contributed by atoms with Gasteiger partial charge in [0.2, 0.25) is 0 Å². The molecule has 2 aliphatic rings. The van der Waals surface area contributed by atoms with E-state index in [1.807, 2.05) is 0 Å². The summed E-state index contributed by atoms with van der Waals surface area (Å²) in [6, 6.07) is 13.6. The largest absolute Gasteiger partial charge is 0.384 e. The Hall–Kier alpha value is -1.57. The van der Waals surface area contributed by atoms with Gasteiger partial charge in [0.1, 0.15) is 0 Å². The topological polar surface area (TPSA) is 48.1 Å². The smallest absolute Gasteiger partial charge is 0.0964 e. The van der Waals surface area contributed by atoms with E-state index in [1.54, 1.807) is 0 Å². The maximum Gasteiger partial charge on any atom is 0.0964 e. The van der Waals surface area contributed by atoms with Crippen LogP contribution >= 0.6 is 22.6 Å². The van der Waals surface area contributed by atoms with Crippen molar-refractivity contribution in [3.8, 4) is 0 Å². The number of nitrogens with one attached hydrogen (secondary N) is 4. The van der Waals surface area contributed by atoms with E-state index in [4.69, 9.17) is 0 Å². The van der Waals surface area contributed by atoms with E-state index >= 15 is 0 Å². The molecule has 28 heavy (non-hydrogen) atoms. The van der Waals surface area contributed by atoms with Gasteiger partial charge in [-0.05, 0) is 89.8 Å². The SMILES string of the molecule is CCc1cc(I)c2c(c1)C(NCCCNC1C=Cc3ccccc3N1)CCN2. The van der Waals surface area contributed by atoms with Crippen molar-refractivity contribution in [2.24, 2.45) is 0 Å². The summed E-state index contributed by atoms with van der Waals surface area (Å²) in [6.45, 7) is 5.29. The molecule has 0 aromatic heterocycles. The summed E-state index contributed by atoms with van der Waals surface area (Å²) in [5.41, 5.74) is 6.66. The first-order valence-corrected chi connectivity index (χ1v) is 11.4. The van der Waals surface area contributed by atoms with E-state index in [2.05, 4.69) is 99.3 Å². The number of fused-ring (bicyclic) bond motifs is 2. The van der Waals surface area contributed by atoms with Gasteiger partial charge in [-0.25, -0.2) is 0 Å². The van der Waals surface area contributed by atoms with Gasteiger partial charge in [-0.2, -0.15) is 0 Å². The minimum Gasteiger partial charge on any atom is -0.384 e. The van der Waals surface area contributed by atoms with Gasteiger partial charge in [-0.3, -0.25) is 5.32 Å². The lowest BCUT2D eigenvalue weighted by Crippen LogP contribution is -2.38. The van der Waals surface area contributed by atoms with Gasteiger partial charge in [0.05, 0.1) is 11.9 Å². The van der Waals surface area contributed by atoms with Gasteiger partial charge in [-0.15, -0.1) is 0 Å². The average Bonchev–Trinajstić information content (AvgIpc) is 2.73. The van der Waals surface area contributed by atoms with Crippen LogP contribution in [0, 0.1) is 3.57 Å². The van der Waals surface area contributed by atoms with Crippen LogP contribution in [0.5, 0.6) is 0 Å². The van der Waals surface area contributed by atoms with Crippen LogP contribution in [0.15, 0.2) is 42.5 Å². The minimum absolute atomic E-state index is 0.211. The number of hydrogen-bond donors (Lipinski definition) is 4. The van der Waals surface area contributed by atoms with Gasteiger partial charge in [0.15, 0.2) is 0 Å². The zero-order valence-corrected chi connectivity index (χ0v) is 18.6. The molecule has 5 heteroatoms. The number of rotatable bonds is 7. The molecule has 4 nitrogen and oxygen atoms in total. The first-order chi connectivity index (χ1) is 13.7. The van der Waals surface area contributed by atoms with Crippen LogP contribution in [0.4, 0.5) is 11.4 Å². The highest BCUT2D eigenvalue weighted by atomic mass is 127. The summed E-state index contributed by atoms with van der Waals surface area (Å²) in [4.78, 5) is 0. The molecule has 0 saturated carbocycles. The summed E-state index contributed by atoms with van der Waals surface area (Å²) in [6.07, 6.45) is 7.95. The van der Waals surface area contributed by atoms with Gasteiger partial charge in [0.25, 0.3) is 0 Å². The second-order valence-corrected chi connectivity index (χ2v) is 8.66. The maximum atomic E-state index is 3.79. The van der Waals surface area contributed by atoms with Gasteiger partial charge >= 0.3 is 0 Å². The summed E-state index contributed by atoms with van der Waals surface area (Å²) < 4.78 is 1.34. The van der Waals surface area contributed by atoms with Crippen LogP contribution in [0.25, 0.3) is 6.08 Å². The van der Waals surface area contributed by atoms with Crippen molar-refractivity contribution >= 4 is 40.0 Å². The highest BCUT2D eigenvalue weighted by Crippen LogP contribution is 2.34. The molecule has 2 aromatic rings. The molecule has 0 fully saturated rings. The lowest BCUT2D eigenvalue weighted by atomic mass is 9.95. The molecule has 2 heterocycles. The molecule has 4 N–H and O–H groups in total. The average molecular weight is 488 g/mol. The van der Waals surface area contributed by atoms with Crippen LogP contribution in [-0.2, 0) is 6.42 Å². The van der Waals surface area contributed by atoms with Crippen molar-refractivity contribution in [3.63, 3.8) is 0 Å². The maximum absolute atomic E-state index is 3.79. The number of halogens is 1. The summed E-state index contributed by atoms with van der Waals surface area (Å²) in [5.74, 6) is 0. The Bertz CT molecular complexity index is 848. The normalized spacial score (nSPS) is 20.1. The van der Waals surface area contributed by atoms with Crippen LogP contribution in [0.3, 0.4) is 0 Å². The molecule has 0 spiro atoms. The second kappa shape index (κ2) is 9.29. The monoisotopic (exact) mass is 488 g/mol. The molecule has 2 atom stereocenters. The Kier molecular flexibility index (Phi) is 6.54. The van der Waals surface area contributed by atoms with E-state index in [0.717, 1.165) is 38.9 Å². The van der Waals surface area contributed by atoms with E-state index in [9.17, 15) is 0 Å². The van der Waals surface area contributed by atoms with E-state index in [0.29, 0.717) is 6.04 Å². The lowest BCUT2D eigenvalue weighted by Gasteiger charge is -2.29. The van der Waals surface area contributed by atoms with Gasteiger partial charge in [-0.1, -0.05) is 37.3 Å². The van der Waals surface area contributed by atoms with Crippen molar-refractivity contribution in [2.75, 3.05) is 30.3 Å². The lowest BCUT2D eigenvalue weighted by molar-refractivity contribution is 0.482. The predicted octanol–water partition coefficient (Wildman–Crippen LogP) is 4.74. The Morgan fingerprint density at radius 3 is 2.89 bits per heavy atom. The molecule has 0 bridgehead atoms. The van der Waals surface area contributed by atoms with Crippen LogP contribution < -0.4 is 21.3 Å². The van der Waals surface area contributed by atoms with Gasteiger partial charge < -0.3 is 16.0 Å². The molecular formula is C23H29IN4. The van der Waals surface area contributed by atoms with E-state index < -0.39 is 0 Å². The zero-order chi connectivity index (χ0) is 19.3. The number of para-hydroxylation sites is 1. The quantitative estimate of drug-likeness (QED) is 0.336. The number of aryl methyl sites for hydroxylation is 1. The fourth-order valence-electron chi connectivity index (χ4n) is 3.99. The fourth-order valence-corrected chi connectivity index (χ4v) is 4.89. The molecule has 2 aliphatic heterocycles. The highest BCUT2D eigenvalue weighted by Gasteiger charge is 2.22. The van der Waals surface area contributed by atoms with Crippen LogP contribution in [0.2, 0.25) is 0 Å². The van der Waals surface area contributed by atoms with E-state index in [-0.39, 0.29) is 6.17 Å². The highest BCUT2D eigenvalue weighted by molar-refractivity contribution is 14.1. The zero-order valence-electron chi connectivity index (χ0n) is 16.4. The summed E-state index contributed by atoms with van der Waals surface area (Å²) >= 11 is 2.46. The van der Waals surface area contributed by atoms with Crippen molar-refractivity contribution < 1.29 is 0 Å². The first-order valence-electron chi connectivity index (χ1n) is 10.3. The Balaban J connectivity index is 1.25. The molecule has 0 radical (unpaired) electrons. The summed E-state index contributed by atoms with van der Waals surface area (Å²) in [5, 5.41) is 14.5. The standard InChI is InChI=1S/C23H29IN4/c1-2-16-14-18-21(10-13-27-23(18)19(24)15-16)25-11-5-12-26-22-9-8-17-6-3-4-7-20(17)28-22/h3-4,6-9,14-15,21-22,25-28H,2,5,10-13H2,1H3. The van der Waals surface area contributed by atoms with Crippen LogP contribution in [-0.4, -0.2) is 25.8 Å². The molecule has 4 rings (SSSR count). The molecule has 2 unspecified atom stereocenters. The molecule has 2 aromatic carbocycles. The Morgan fingerprint density at radius 1 is 1.14 bits per heavy atom. The second-order valence-electron chi connectivity index (χ2n) is 7.49. The third kappa shape index (κ3) is 4.53. The van der Waals surface area contributed by atoms with Crippen molar-refractivity contribution in [2.45, 2.75) is 38.4 Å². The third-order valence-corrected chi connectivity index (χ3v) is 6.40. The molecular weight excluding hydrogens is 459 g/mol. The number of hydrogen-bond acceptors (Lipinski definition) is 4.